The molecule has 0 aliphatic heterocycles. The maximum atomic E-state index is 12.3. The maximum Gasteiger partial charge on any atom is 0.337 e. The molecule has 0 fully saturated rings. The van der Waals surface area contributed by atoms with E-state index in [4.69, 9.17) is 15.2 Å². The predicted octanol–water partition coefficient (Wildman–Crippen LogP) is 3.54. The summed E-state index contributed by atoms with van der Waals surface area (Å²) in [6, 6.07) is 15.8. The number of ether oxygens (including phenoxy) is 2. The van der Waals surface area contributed by atoms with Crippen LogP contribution in [0.4, 0.5) is 0 Å². The molecule has 0 saturated carbocycles. The van der Waals surface area contributed by atoms with Gasteiger partial charge in [-0.05, 0) is 49.4 Å². The Balaban J connectivity index is 1.87. The highest BCUT2D eigenvalue weighted by atomic mass is 16.6. The number of hydrogen-bond acceptors (Lipinski definition) is 4. The second-order valence-electron chi connectivity index (χ2n) is 7.54. The van der Waals surface area contributed by atoms with Crippen LogP contribution in [0.3, 0.4) is 0 Å². The minimum absolute atomic E-state index is 0.112. The number of rotatable bonds is 7. The molecule has 1 atom stereocenters. The van der Waals surface area contributed by atoms with Crippen LogP contribution in [-0.4, -0.2) is 29.7 Å². The van der Waals surface area contributed by atoms with Crippen molar-refractivity contribution < 1.29 is 19.1 Å². The zero-order valence-corrected chi connectivity index (χ0v) is 17.1. The Hall–Kier alpha value is -3.12. The standard InChI is InChI=1S/C24H26N2O4/c1-2-29-15-21(27)30-20-13-7-12-19-23(20)22-17(24(25)28)10-6-11-18(22)26(19)14-16-8-4-3-5-9-16/h3-5,7-9,12-13,17H,2,6,10-11,14-15H2,1H3,(H2,25,28). The van der Waals surface area contributed by atoms with Gasteiger partial charge in [-0.2, -0.15) is 0 Å². The van der Waals surface area contributed by atoms with E-state index < -0.39 is 5.97 Å². The number of carbonyl (C=O) groups excluding carboxylic acids is 2. The van der Waals surface area contributed by atoms with E-state index in [0.29, 0.717) is 25.3 Å². The van der Waals surface area contributed by atoms with Gasteiger partial charge in [-0.25, -0.2) is 4.79 Å². The van der Waals surface area contributed by atoms with Gasteiger partial charge >= 0.3 is 5.97 Å². The molecule has 6 nitrogen and oxygen atoms in total. The summed E-state index contributed by atoms with van der Waals surface area (Å²) in [7, 11) is 0. The van der Waals surface area contributed by atoms with Crippen LogP contribution in [0.1, 0.15) is 42.5 Å². The summed E-state index contributed by atoms with van der Waals surface area (Å²) in [4.78, 5) is 24.5. The molecule has 1 aromatic heterocycles. The predicted molar refractivity (Wildman–Crippen MR) is 114 cm³/mol. The van der Waals surface area contributed by atoms with Crippen molar-refractivity contribution in [2.75, 3.05) is 13.2 Å². The summed E-state index contributed by atoms with van der Waals surface area (Å²) < 4.78 is 13.1. The molecule has 3 aromatic rings. The Morgan fingerprint density at radius 2 is 1.93 bits per heavy atom. The van der Waals surface area contributed by atoms with Crippen LogP contribution in [0.15, 0.2) is 48.5 Å². The zero-order chi connectivity index (χ0) is 21.1. The van der Waals surface area contributed by atoms with Gasteiger partial charge in [0.05, 0.1) is 11.4 Å². The Bertz CT molecular complexity index is 1070. The first-order chi connectivity index (χ1) is 14.6. The molecule has 0 saturated heterocycles. The molecule has 30 heavy (non-hydrogen) atoms. The molecule has 2 N–H and O–H groups in total. The first-order valence-electron chi connectivity index (χ1n) is 10.4. The Morgan fingerprint density at radius 3 is 2.67 bits per heavy atom. The lowest BCUT2D eigenvalue weighted by molar-refractivity contribution is -0.139. The number of hydrogen-bond donors (Lipinski definition) is 1. The summed E-state index contributed by atoms with van der Waals surface area (Å²) >= 11 is 0. The smallest absolute Gasteiger partial charge is 0.337 e. The number of primary amides is 1. The van der Waals surface area contributed by atoms with Crippen molar-refractivity contribution in [2.45, 2.75) is 38.6 Å². The number of esters is 1. The van der Waals surface area contributed by atoms with E-state index in [9.17, 15) is 9.59 Å². The van der Waals surface area contributed by atoms with E-state index in [-0.39, 0.29) is 18.4 Å². The molecule has 2 aromatic carbocycles. The lowest BCUT2D eigenvalue weighted by atomic mass is 9.84. The number of nitrogens with two attached hydrogens (primary N) is 1. The summed E-state index contributed by atoms with van der Waals surface area (Å²) in [6.07, 6.45) is 2.45. The molecule has 0 radical (unpaired) electrons. The van der Waals surface area contributed by atoms with E-state index in [2.05, 4.69) is 16.7 Å². The first kappa shape index (κ1) is 20.2. The third-order valence-corrected chi connectivity index (χ3v) is 5.63. The normalized spacial score (nSPS) is 15.7. The highest BCUT2D eigenvalue weighted by Crippen LogP contribution is 2.43. The number of fused-ring (bicyclic) bond motifs is 3. The van der Waals surface area contributed by atoms with E-state index in [0.717, 1.165) is 40.6 Å². The monoisotopic (exact) mass is 406 g/mol. The topological polar surface area (TPSA) is 83.6 Å². The largest absolute Gasteiger partial charge is 0.424 e. The van der Waals surface area contributed by atoms with Crippen LogP contribution in [0, 0.1) is 0 Å². The lowest BCUT2D eigenvalue weighted by Gasteiger charge is -2.22. The molecule has 6 heteroatoms. The van der Waals surface area contributed by atoms with Gasteiger partial charge in [0.15, 0.2) is 0 Å². The van der Waals surface area contributed by atoms with Crippen molar-refractivity contribution in [1.82, 2.24) is 4.57 Å². The van der Waals surface area contributed by atoms with Gasteiger partial charge in [0.1, 0.15) is 12.4 Å². The van der Waals surface area contributed by atoms with Gasteiger partial charge in [-0.15, -0.1) is 0 Å². The average molecular weight is 406 g/mol. The highest BCUT2D eigenvalue weighted by Gasteiger charge is 2.32. The minimum atomic E-state index is -0.458. The van der Waals surface area contributed by atoms with Crippen molar-refractivity contribution in [2.24, 2.45) is 5.73 Å². The second-order valence-corrected chi connectivity index (χ2v) is 7.54. The highest BCUT2D eigenvalue weighted by molar-refractivity contribution is 5.98. The molecular weight excluding hydrogens is 380 g/mol. The van der Waals surface area contributed by atoms with E-state index in [1.54, 1.807) is 6.07 Å². The van der Waals surface area contributed by atoms with Crippen molar-refractivity contribution >= 4 is 22.8 Å². The fourth-order valence-electron chi connectivity index (χ4n) is 4.37. The fraction of sp³-hybridized carbons (Fsp3) is 0.333. The minimum Gasteiger partial charge on any atom is -0.424 e. The first-order valence-corrected chi connectivity index (χ1v) is 10.4. The summed E-state index contributed by atoms with van der Waals surface area (Å²) in [6.45, 7) is 2.82. The van der Waals surface area contributed by atoms with E-state index in [1.165, 1.54) is 0 Å². The Morgan fingerprint density at radius 1 is 1.13 bits per heavy atom. The van der Waals surface area contributed by atoms with Gasteiger partial charge in [-0.3, -0.25) is 4.79 Å². The molecule has 4 rings (SSSR count). The van der Waals surface area contributed by atoms with Crippen LogP contribution < -0.4 is 10.5 Å². The van der Waals surface area contributed by atoms with Crippen molar-refractivity contribution in [3.05, 3.63) is 65.4 Å². The van der Waals surface area contributed by atoms with Gasteiger partial charge in [0.25, 0.3) is 0 Å². The van der Waals surface area contributed by atoms with Gasteiger partial charge < -0.3 is 19.8 Å². The average Bonchev–Trinajstić information content (AvgIpc) is 3.07. The van der Waals surface area contributed by atoms with Gasteiger partial charge in [0, 0.05) is 24.2 Å². The van der Waals surface area contributed by atoms with Gasteiger partial charge in [-0.1, -0.05) is 36.4 Å². The number of carbonyl (C=O) groups is 2. The molecule has 1 unspecified atom stereocenters. The van der Waals surface area contributed by atoms with Crippen molar-refractivity contribution in [3.8, 4) is 5.75 Å². The van der Waals surface area contributed by atoms with Crippen molar-refractivity contribution in [3.63, 3.8) is 0 Å². The SMILES string of the molecule is CCOCC(=O)Oc1cccc2c1c1c(n2Cc2ccccc2)CCCC1C(N)=O. The van der Waals surface area contributed by atoms with Crippen LogP contribution in [0.25, 0.3) is 10.9 Å². The number of nitrogens with zero attached hydrogens (tertiary/aromatic N) is 1. The second kappa shape index (κ2) is 8.71. The zero-order valence-electron chi connectivity index (χ0n) is 17.1. The molecule has 1 amide bonds. The van der Waals surface area contributed by atoms with Crippen molar-refractivity contribution in [1.29, 1.82) is 0 Å². The molecule has 1 aliphatic rings. The van der Waals surface area contributed by atoms with Gasteiger partial charge in [0.2, 0.25) is 5.91 Å². The van der Waals surface area contributed by atoms with Crippen LogP contribution in [-0.2, 0) is 27.3 Å². The Labute approximate surface area is 175 Å². The third kappa shape index (κ3) is 3.83. The molecule has 156 valence electrons. The maximum absolute atomic E-state index is 12.3. The molecule has 0 spiro atoms. The molecule has 1 heterocycles. The van der Waals surface area contributed by atoms with Crippen LogP contribution in [0.2, 0.25) is 0 Å². The lowest BCUT2D eigenvalue weighted by Crippen LogP contribution is -2.25. The number of aromatic nitrogens is 1. The third-order valence-electron chi connectivity index (χ3n) is 5.63. The van der Waals surface area contributed by atoms with E-state index >= 15 is 0 Å². The Kier molecular flexibility index (Phi) is 5.86. The summed E-state index contributed by atoms with van der Waals surface area (Å²) in [5.41, 5.74) is 9.88. The van der Waals surface area contributed by atoms with E-state index in [1.807, 2.05) is 37.3 Å². The quantitative estimate of drug-likeness (QED) is 0.481. The fourth-order valence-corrected chi connectivity index (χ4v) is 4.37. The summed E-state index contributed by atoms with van der Waals surface area (Å²) in [5, 5.41) is 0.803. The van der Waals surface area contributed by atoms with Crippen LogP contribution in [0.5, 0.6) is 5.75 Å². The molecule has 0 bridgehead atoms. The summed E-state index contributed by atoms with van der Waals surface area (Å²) in [5.74, 6) is -0.737. The number of amides is 1. The van der Waals surface area contributed by atoms with Crippen LogP contribution >= 0.6 is 0 Å². The molecule has 1 aliphatic carbocycles. The number of benzene rings is 2. The molecular formula is C24H26N2O4.